The molecule has 3 aromatic rings. The molecule has 5 heteroatoms. The number of carbonyl (C=O) groups excluding carboxylic acids is 1. The van der Waals surface area contributed by atoms with Gasteiger partial charge in [-0.1, -0.05) is 12.1 Å². The molecule has 2 aromatic heterocycles. The van der Waals surface area contributed by atoms with Gasteiger partial charge in [-0.3, -0.25) is 4.79 Å². The molecule has 0 saturated heterocycles. The van der Waals surface area contributed by atoms with Crippen LogP contribution < -0.4 is 5.32 Å². The van der Waals surface area contributed by atoms with Crippen molar-refractivity contribution < 1.29 is 4.79 Å². The summed E-state index contributed by atoms with van der Waals surface area (Å²) in [7, 11) is 4.13. The second-order valence-corrected chi connectivity index (χ2v) is 6.49. The summed E-state index contributed by atoms with van der Waals surface area (Å²) < 4.78 is 2.15. The van der Waals surface area contributed by atoms with E-state index in [2.05, 4.69) is 41.0 Å². The van der Waals surface area contributed by atoms with Crippen molar-refractivity contribution in [3.63, 3.8) is 0 Å². The van der Waals surface area contributed by atoms with E-state index in [1.165, 1.54) is 11.3 Å². The maximum atomic E-state index is 11.5. The highest BCUT2D eigenvalue weighted by Gasteiger charge is 2.18. The van der Waals surface area contributed by atoms with Gasteiger partial charge in [0.05, 0.1) is 11.4 Å². The van der Waals surface area contributed by atoms with Crippen molar-refractivity contribution in [2.45, 2.75) is 19.4 Å². The van der Waals surface area contributed by atoms with E-state index in [0.717, 1.165) is 35.6 Å². The van der Waals surface area contributed by atoms with Crippen molar-refractivity contribution in [3.8, 4) is 11.3 Å². The molecule has 0 unspecified atom stereocenters. The lowest BCUT2D eigenvalue weighted by atomic mass is 9.98. The summed E-state index contributed by atoms with van der Waals surface area (Å²) in [5.41, 5.74) is 6.35. The summed E-state index contributed by atoms with van der Waals surface area (Å²) in [4.78, 5) is 18.5. The Bertz CT molecular complexity index is 926. The van der Waals surface area contributed by atoms with E-state index in [-0.39, 0.29) is 5.91 Å². The number of anilines is 1. The van der Waals surface area contributed by atoms with Crippen LogP contribution in [0.15, 0.2) is 42.6 Å². The van der Waals surface area contributed by atoms with Crippen molar-refractivity contribution in [3.05, 3.63) is 53.9 Å². The molecule has 0 spiro atoms. The lowest BCUT2D eigenvalue weighted by molar-refractivity contribution is -0.116. The van der Waals surface area contributed by atoms with E-state index in [1.807, 2.05) is 30.3 Å². The van der Waals surface area contributed by atoms with E-state index in [9.17, 15) is 4.79 Å². The van der Waals surface area contributed by atoms with E-state index in [4.69, 9.17) is 4.98 Å². The van der Waals surface area contributed by atoms with Gasteiger partial charge in [0, 0.05) is 30.4 Å². The molecule has 24 heavy (non-hydrogen) atoms. The largest absolute Gasteiger partial charge is 0.326 e. The minimum absolute atomic E-state index is 0.0938. The van der Waals surface area contributed by atoms with Gasteiger partial charge in [-0.2, -0.15) is 0 Å². The molecule has 0 bridgehead atoms. The molecule has 1 aromatic carbocycles. The van der Waals surface area contributed by atoms with Crippen LogP contribution in [0.25, 0.3) is 16.9 Å². The van der Waals surface area contributed by atoms with Gasteiger partial charge in [-0.05, 0) is 50.3 Å². The summed E-state index contributed by atoms with van der Waals surface area (Å²) in [5.74, 6) is 0.0938. The van der Waals surface area contributed by atoms with Crippen LogP contribution in [0.2, 0.25) is 0 Å². The molecule has 5 nitrogen and oxygen atoms in total. The average Bonchev–Trinajstić information content (AvgIpc) is 2.92. The number of pyridine rings is 1. The summed E-state index contributed by atoms with van der Waals surface area (Å²) in [6.07, 6.45) is 3.39. The zero-order valence-corrected chi connectivity index (χ0v) is 13.9. The van der Waals surface area contributed by atoms with Gasteiger partial charge < -0.3 is 14.6 Å². The van der Waals surface area contributed by atoms with Crippen LogP contribution in [0.1, 0.15) is 17.7 Å². The molecule has 122 valence electrons. The fourth-order valence-corrected chi connectivity index (χ4v) is 3.26. The quantitative estimate of drug-likeness (QED) is 0.807. The second kappa shape index (κ2) is 5.76. The minimum atomic E-state index is 0.0938. The molecule has 4 rings (SSSR count). The zero-order valence-electron chi connectivity index (χ0n) is 13.9. The summed E-state index contributed by atoms with van der Waals surface area (Å²) in [6, 6.07) is 12.3. The highest BCUT2D eigenvalue weighted by molar-refractivity contribution is 5.94. The molecular formula is C19H20N4O. The number of carbonyl (C=O) groups is 1. The SMILES string of the molecule is CN(C)Cc1c(-c2ccc3c(c2)CCC(=O)N3)nc2ccccn12. The molecule has 1 aliphatic heterocycles. The zero-order chi connectivity index (χ0) is 16.7. The van der Waals surface area contributed by atoms with Gasteiger partial charge in [-0.25, -0.2) is 4.98 Å². The van der Waals surface area contributed by atoms with Gasteiger partial charge in [0.1, 0.15) is 5.65 Å². The predicted molar refractivity (Wildman–Crippen MR) is 95.0 cm³/mol. The Labute approximate surface area is 140 Å². The third-order valence-corrected chi connectivity index (χ3v) is 4.37. The molecule has 0 fully saturated rings. The van der Waals surface area contributed by atoms with Crippen molar-refractivity contribution in [2.75, 3.05) is 19.4 Å². The number of aromatic nitrogens is 2. The van der Waals surface area contributed by atoms with Crippen LogP contribution in [0, 0.1) is 0 Å². The first-order chi connectivity index (χ1) is 11.6. The topological polar surface area (TPSA) is 49.6 Å². The van der Waals surface area contributed by atoms with Crippen molar-refractivity contribution in [2.24, 2.45) is 0 Å². The Morgan fingerprint density at radius 2 is 2.08 bits per heavy atom. The number of hydrogen-bond donors (Lipinski definition) is 1. The van der Waals surface area contributed by atoms with Crippen LogP contribution in [-0.4, -0.2) is 34.3 Å². The molecule has 1 N–H and O–H groups in total. The van der Waals surface area contributed by atoms with Crippen LogP contribution in [0.4, 0.5) is 5.69 Å². The van der Waals surface area contributed by atoms with E-state index in [1.54, 1.807) is 0 Å². The van der Waals surface area contributed by atoms with Crippen molar-refractivity contribution >= 4 is 17.2 Å². The van der Waals surface area contributed by atoms with Crippen molar-refractivity contribution in [1.82, 2.24) is 14.3 Å². The first-order valence-corrected chi connectivity index (χ1v) is 8.15. The Kier molecular flexibility index (Phi) is 3.58. The van der Waals surface area contributed by atoms with E-state index < -0.39 is 0 Å². The number of rotatable bonds is 3. The third kappa shape index (κ3) is 2.57. The Morgan fingerprint density at radius 1 is 1.21 bits per heavy atom. The first-order valence-electron chi connectivity index (χ1n) is 8.15. The number of nitrogens with one attached hydrogen (secondary N) is 1. The van der Waals surface area contributed by atoms with Crippen molar-refractivity contribution in [1.29, 1.82) is 0 Å². The maximum Gasteiger partial charge on any atom is 0.224 e. The predicted octanol–water partition coefficient (Wildman–Crippen LogP) is 2.95. The minimum Gasteiger partial charge on any atom is -0.326 e. The molecule has 0 atom stereocenters. The molecule has 3 heterocycles. The molecular weight excluding hydrogens is 300 g/mol. The average molecular weight is 320 g/mol. The van der Waals surface area contributed by atoms with Gasteiger partial charge in [-0.15, -0.1) is 0 Å². The van der Waals surface area contributed by atoms with Crippen LogP contribution in [-0.2, 0) is 17.8 Å². The molecule has 0 radical (unpaired) electrons. The molecule has 0 aliphatic carbocycles. The van der Waals surface area contributed by atoms with Gasteiger partial charge in [0.25, 0.3) is 0 Å². The number of nitrogens with zero attached hydrogens (tertiary/aromatic N) is 3. The van der Waals surface area contributed by atoms with E-state index >= 15 is 0 Å². The maximum absolute atomic E-state index is 11.5. The van der Waals surface area contributed by atoms with Gasteiger partial charge in [0.15, 0.2) is 0 Å². The third-order valence-electron chi connectivity index (χ3n) is 4.37. The molecule has 1 aliphatic rings. The Hall–Kier alpha value is -2.66. The molecule has 1 amide bonds. The Balaban J connectivity index is 1.85. The standard InChI is InChI=1S/C19H20N4O/c1-22(2)12-16-19(21-17-5-3-4-10-23(16)17)14-6-8-15-13(11-14)7-9-18(24)20-15/h3-6,8,10-11H,7,9,12H2,1-2H3,(H,20,24). The normalized spacial score (nSPS) is 14.0. The molecule has 0 saturated carbocycles. The van der Waals surface area contributed by atoms with Gasteiger partial charge >= 0.3 is 0 Å². The smallest absolute Gasteiger partial charge is 0.224 e. The van der Waals surface area contributed by atoms with Gasteiger partial charge in [0.2, 0.25) is 5.91 Å². The second-order valence-electron chi connectivity index (χ2n) is 6.49. The summed E-state index contributed by atoms with van der Waals surface area (Å²) >= 11 is 0. The number of benzene rings is 1. The van der Waals surface area contributed by atoms with E-state index in [0.29, 0.717) is 6.42 Å². The van der Waals surface area contributed by atoms with Crippen LogP contribution in [0.3, 0.4) is 0 Å². The fraction of sp³-hybridized carbons (Fsp3) is 0.263. The number of fused-ring (bicyclic) bond motifs is 2. The first kappa shape index (κ1) is 14.9. The number of aryl methyl sites for hydroxylation is 1. The highest BCUT2D eigenvalue weighted by atomic mass is 16.1. The van der Waals surface area contributed by atoms with Crippen LogP contribution in [0.5, 0.6) is 0 Å². The number of amides is 1. The number of hydrogen-bond acceptors (Lipinski definition) is 3. The lowest BCUT2D eigenvalue weighted by Crippen LogP contribution is -2.18. The van der Waals surface area contributed by atoms with Crippen LogP contribution >= 0.6 is 0 Å². The highest BCUT2D eigenvalue weighted by Crippen LogP contribution is 2.31. The summed E-state index contributed by atoms with van der Waals surface area (Å²) in [5, 5.41) is 2.94. The fourth-order valence-electron chi connectivity index (χ4n) is 3.26. The lowest BCUT2D eigenvalue weighted by Gasteiger charge is -2.18. The summed E-state index contributed by atoms with van der Waals surface area (Å²) in [6.45, 7) is 0.814. The monoisotopic (exact) mass is 320 g/mol. The number of imidazole rings is 1. The Morgan fingerprint density at radius 3 is 2.92 bits per heavy atom.